The molecule has 5 nitrogen and oxygen atoms in total. The van der Waals surface area contributed by atoms with E-state index in [2.05, 4.69) is 56.9 Å². The van der Waals surface area contributed by atoms with Gasteiger partial charge in [0, 0.05) is 37.1 Å². The largest absolute Gasteiger partial charge is 0.507 e. The van der Waals surface area contributed by atoms with Crippen LogP contribution in [0.5, 0.6) is 11.5 Å². The molecule has 4 rings (SSSR count). The number of ether oxygens (including phenoxy) is 1. The Labute approximate surface area is 238 Å². The molecule has 1 heterocycles. The van der Waals surface area contributed by atoms with Gasteiger partial charge in [0.05, 0.1) is 0 Å². The van der Waals surface area contributed by atoms with E-state index >= 15 is 0 Å². The number of phenols is 1. The first-order chi connectivity index (χ1) is 18.8. The first-order valence-electron chi connectivity index (χ1n) is 14.1. The average molecular weight is 547 g/mol. The van der Waals surface area contributed by atoms with Crippen LogP contribution < -0.4 is 4.74 Å². The monoisotopic (exact) mass is 546 g/mol. The Kier molecular flexibility index (Phi) is 8.60. The van der Waals surface area contributed by atoms with Crippen LogP contribution in [-0.2, 0) is 16.8 Å². The van der Waals surface area contributed by atoms with Crippen LogP contribution in [0, 0.1) is 33.5 Å². The van der Waals surface area contributed by atoms with Gasteiger partial charge in [-0.2, -0.15) is 0 Å². The van der Waals surface area contributed by atoms with Gasteiger partial charge in [-0.3, -0.25) is 9.69 Å². The first-order valence-corrected chi connectivity index (χ1v) is 14.1. The predicted octanol–water partition coefficient (Wildman–Crippen LogP) is 6.59. The van der Waals surface area contributed by atoms with Crippen LogP contribution >= 0.6 is 0 Å². The zero-order valence-electron chi connectivity index (χ0n) is 25.1. The number of rotatable bonds is 7. The molecule has 0 spiro atoms. The number of aromatic hydroxyl groups is 1. The van der Waals surface area contributed by atoms with Gasteiger partial charge in [0.15, 0.2) is 6.61 Å². The topological polar surface area (TPSA) is 53.0 Å². The number of carbonyl (C=O) groups excluding carboxylic acids is 1. The summed E-state index contributed by atoms with van der Waals surface area (Å²) >= 11 is 0. The van der Waals surface area contributed by atoms with Crippen LogP contribution in [-0.4, -0.2) is 52.6 Å². The van der Waals surface area contributed by atoms with Crippen molar-refractivity contribution in [2.75, 3.05) is 19.7 Å². The van der Waals surface area contributed by atoms with Gasteiger partial charge in [-0.05, 0) is 92.6 Å². The Morgan fingerprint density at radius 2 is 1.43 bits per heavy atom. The Morgan fingerprint density at radius 3 is 1.98 bits per heavy atom. The second kappa shape index (κ2) is 11.6. The Morgan fingerprint density at radius 1 is 0.900 bits per heavy atom. The van der Waals surface area contributed by atoms with E-state index in [-0.39, 0.29) is 35.8 Å². The maximum atomic E-state index is 13.3. The molecule has 1 saturated heterocycles. The third-order valence-corrected chi connectivity index (χ3v) is 8.47. The quantitative estimate of drug-likeness (QED) is 0.363. The fourth-order valence-electron chi connectivity index (χ4n) is 5.83. The third kappa shape index (κ3) is 6.17. The standard InChI is InChI=1S/C34H43FN2O3/c1-21-13-28(14-22(2)32(21)39)34(7,8)29-15-23(3)33(24(4)16-29)40-20-31(38)37-18-25(5)36(17-26(37)6)19-27-9-11-30(35)12-10-27/h9-16,25-26,39H,17-20H2,1-8H3. The second-order valence-electron chi connectivity index (χ2n) is 12.1. The summed E-state index contributed by atoms with van der Waals surface area (Å²) in [6.07, 6.45) is 0. The van der Waals surface area contributed by atoms with Crippen LogP contribution in [0.2, 0.25) is 0 Å². The Bertz CT molecular complexity index is 1340. The summed E-state index contributed by atoms with van der Waals surface area (Å²) in [4.78, 5) is 17.5. The molecule has 2 atom stereocenters. The summed E-state index contributed by atoms with van der Waals surface area (Å²) in [5.74, 6) is 0.853. The summed E-state index contributed by atoms with van der Waals surface area (Å²) in [6, 6.07) is 15.3. The van der Waals surface area contributed by atoms with Crippen molar-refractivity contribution in [2.45, 2.75) is 79.4 Å². The molecule has 0 aliphatic carbocycles. The van der Waals surface area contributed by atoms with Crippen LogP contribution in [0.1, 0.15) is 66.6 Å². The molecule has 40 heavy (non-hydrogen) atoms. The lowest BCUT2D eigenvalue weighted by Crippen LogP contribution is -2.58. The summed E-state index contributed by atoms with van der Waals surface area (Å²) in [5, 5.41) is 10.2. The highest BCUT2D eigenvalue weighted by Crippen LogP contribution is 2.38. The van der Waals surface area contributed by atoms with Gasteiger partial charge in [-0.15, -0.1) is 0 Å². The number of carbonyl (C=O) groups is 1. The maximum Gasteiger partial charge on any atom is 0.260 e. The Balaban J connectivity index is 1.42. The van der Waals surface area contributed by atoms with Gasteiger partial charge in [0.2, 0.25) is 0 Å². The summed E-state index contributed by atoms with van der Waals surface area (Å²) in [6.45, 7) is 18.6. The molecule has 0 saturated carbocycles. The highest BCUT2D eigenvalue weighted by molar-refractivity contribution is 5.78. The minimum Gasteiger partial charge on any atom is -0.507 e. The van der Waals surface area contributed by atoms with Crippen molar-refractivity contribution in [3.8, 4) is 11.5 Å². The van der Waals surface area contributed by atoms with E-state index in [9.17, 15) is 14.3 Å². The fourth-order valence-corrected chi connectivity index (χ4v) is 5.83. The molecule has 3 aromatic carbocycles. The molecule has 1 amide bonds. The molecule has 1 aliphatic heterocycles. The smallest absolute Gasteiger partial charge is 0.260 e. The van der Waals surface area contributed by atoms with Crippen molar-refractivity contribution < 1.29 is 19.0 Å². The highest BCUT2D eigenvalue weighted by Gasteiger charge is 2.32. The predicted molar refractivity (Wildman–Crippen MR) is 159 cm³/mol. The number of benzene rings is 3. The van der Waals surface area contributed by atoms with Crippen molar-refractivity contribution in [3.05, 3.63) is 93.3 Å². The molecule has 0 aromatic heterocycles. The summed E-state index contributed by atoms with van der Waals surface area (Å²) in [7, 11) is 0. The number of piperazine rings is 1. The van der Waals surface area contributed by atoms with E-state index in [0.29, 0.717) is 12.3 Å². The molecule has 1 N–H and O–H groups in total. The molecular weight excluding hydrogens is 503 g/mol. The SMILES string of the molecule is Cc1cc(C(C)(C)c2cc(C)c(OCC(=O)N3CC(C)N(Cc4ccc(F)cc4)CC3C)c(C)c2)cc(C)c1O. The molecular formula is C34H43FN2O3. The summed E-state index contributed by atoms with van der Waals surface area (Å²) < 4.78 is 19.4. The Hall–Kier alpha value is -3.38. The van der Waals surface area contributed by atoms with Crippen LogP contribution in [0.25, 0.3) is 0 Å². The third-order valence-electron chi connectivity index (χ3n) is 8.47. The van der Waals surface area contributed by atoms with Gasteiger partial charge in [0.25, 0.3) is 5.91 Å². The minimum absolute atomic E-state index is 0.00417. The van der Waals surface area contributed by atoms with Crippen molar-refractivity contribution >= 4 is 5.91 Å². The lowest BCUT2D eigenvalue weighted by molar-refractivity contribution is -0.139. The van der Waals surface area contributed by atoms with Crippen molar-refractivity contribution in [1.82, 2.24) is 9.80 Å². The van der Waals surface area contributed by atoms with E-state index in [1.807, 2.05) is 44.7 Å². The zero-order chi connectivity index (χ0) is 29.4. The van der Waals surface area contributed by atoms with Gasteiger partial charge in [-0.25, -0.2) is 4.39 Å². The van der Waals surface area contributed by atoms with Crippen LogP contribution in [0.15, 0.2) is 48.5 Å². The van der Waals surface area contributed by atoms with E-state index in [1.165, 1.54) is 12.1 Å². The van der Waals surface area contributed by atoms with Crippen molar-refractivity contribution in [1.29, 1.82) is 0 Å². The molecule has 1 aliphatic rings. The van der Waals surface area contributed by atoms with Crippen LogP contribution in [0.4, 0.5) is 4.39 Å². The normalized spacial score (nSPS) is 18.2. The number of hydrogen-bond acceptors (Lipinski definition) is 4. The minimum atomic E-state index is -0.272. The van der Waals surface area contributed by atoms with Crippen LogP contribution in [0.3, 0.4) is 0 Å². The van der Waals surface area contributed by atoms with Gasteiger partial charge in [-0.1, -0.05) is 50.2 Å². The molecule has 1 fully saturated rings. The van der Waals surface area contributed by atoms with E-state index in [1.54, 1.807) is 0 Å². The van der Waals surface area contributed by atoms with E-state index in [0.717, 1.165) is 57.8 Å². The fraction of sp³-hybridized carbons (Fsp3) is 0.441. The lowest BCUT2D eigenvalue weighted by atomic mass is 9.76. The highest BCUT2D eigenvalue weighted by atomic mass is 19.1. The van der Waals surface area contributed by atoms with Gasteiger partial charge < -0.3 is 14.7 Å². The second-order valence-corrected chi connectivity index (χ2v) is 12.1. The maximum absolute atomic E-state index is 13.3. The first kappa shape index (κ1) is 29.6. The number of hydrogen-bond donors (Lipinski definition) is 1. The number of nitrogens with zero attached hydrogens (tertiary/aromatic N) is 2. The van der Waals surface area contributed by atoms with Crippen molar-refractivity contribution in [2.24, 2.45) is 0 Å². The average Bonchev–Trinajstić information content (AvgIpc) is 2.89. The molecule has 2 unspecified atom stereocenters. The van der Waals surface area contributed by atoms with E-state index in [4.69, 9.17) is 4.74 Å². The number of aryl methyl sites for hydroxylation is 4. The molecule has 3 aromatic rings. The summed E-state index contributed by atoms with van der Waals surface area (Å²) in [5.41, 5.74) is 6.82. The number of halogens is 1. The zero-order valence-corrected chi connectivity index (χ0v) is 25.1. The van der Waals surface area contributed by atoms with Gasteiger partial charge in [0.1, 0.15) is 17.3 Å². The van der Waals surface area contributed by atoms with Crippen molar-refractivity contribution in [3.63, 3.8) is 0 Å². The van der Waals surface area contributed by atoms with E-state index < -0.39 is 0 Å². The number of amides is 1. The number of phenolic OH excluding ortho intramolecular Hbond substituents is 1. The molecule has 214 valence electrons. The lowest BCUT2D eigenvalue weighted by Gasteiger charge is -2.44. The van der Waals surface area contributed by atoms with Gasteiger partial charge >= 0.3 is 0 Å². The molecule has 6 heteroatoms. The molecule has 0 bridgehead atoms. The molecule has 0 radical (unpaired) electrons.